The second kappa shape index (κ2) is 3.20. The molecule has 0 saturated carbocycles. The van der Waals surface area contributed by atoms with Crippen LogP contribution >= 0.6 is 0 Å². The molecular formula is C6H5F5O. The third-order valence-electron chi connectivity index (χ3n) is 0.984. The summed E-state index contributed by atoms with van der Waals surface area (Å²) in [5.74, 6) is -7.53. The molecule has 0 amide bonds. The Kier molecular flexibility index (Phi) is 2.95. The van der Waals surface area contributed by atoms with Crippen molar-refractivity contribution in [1.29, 1.82) is 0 Å². The van der Waals surface area contributed by atoms with Gasteiger partial charge in [0, 0.05) is 0 Å². The second-order valence-electron chi connectivity index (χ2n) is 1.94. The van der Waals surface area contributed by atoms with E-state index in [1.165, 1.54) is 6.92 Å². The smallest absolute Gasteiger partial charge is 0.288 e. The van der Waals surface area contributed by atoms with Gasteiger partial charge in [-0.3, -0.25) is 4.79 Å². The molecule has 0 radical (unpaired) electrons. The summed E-state index contributed by atoms with van der Waals surface area (Å²) in [6.45, 7) is 1.17. The molecular weight excluding hydrogens is 183 g/mol. The number of hydrogen-bond donors (Lipinski definition) is 0. The van der Waals surface area contributed by atoms with Crippen LogP contribution in [0.25, 0.3) is 0 Å². The van der Waals surface area contributed by atoms with Gasteiger partial charge in [-0.2, -0.15) is 22.0 Å². The fourth-order valence-electron chi connectivity index (χ4n) is 0.396. The normalized spacial score (nSPS) is 13.8. The first kappa shape index (κ1) is 11.1. The van der Waals surface area contributed by atoms with E-state index in [-0.39, 0.29) is 6.08 Å². The molecule has 0 bridgehead atoms. The maximum absolute atomic E-state index is 12.0. The molecule has 0 saturated heterocycles. The van der Waals surface area contributed by atoms with E-state index in [1.807, 2.05) is 0 Å². The van der Waals surface area contributed by atoms with Crippen LogP contribution in [0.3, 0.4) is 0 Å². The first-order valence-corrected chi connectivity index (χ1v) is 2.85. The minimum atomic E-state index is -5.82. The molecule has 0 aliphatic carbocycles. The minimum Gasteiger partial charge on any atom is -0.288 e. The Hall–Kier alpha value is -0.940. The van der Waals surface area contributed by atoms with Gasteiger partial charge in [0.1, 0.15) is 0 Å². The number of alkyl halides is 5. The Morgan fingerprint density at radius 1 is 1.17 bits per heavy atom. The summed E-state index contributed by atoms with van der Waals surface area (Å²) in [7, 11) is 0. The van der Waals surface area contributed by atoms with Gasteiger partial charge in [0.05, 0.1) is 0 Å². The Labute approximate surface area is 64.9 Å². The standard InChI is InChI=1S/C6H5F5O/c1-2-3-4(12)5(7,8)6(9,10)11/h2-3H,1H3. The lowest BCUT2D eigenvalue weighted by Crippen LogP contribution is -2.43. The average molecular weight is 188 g/mol. The molecule has 0 N–H and O–H groups in total. The van der Waals surface area contributed by atoms with E-state index in [0.717, 1.165) is 6.08 Å². The van der Waals surface area contributed by atoms with Crippen LogP contribution in [0.2, 0.25) is 0 Å². The Morgan fingerprint density at radius 2 is 1.58 bits per heavy atom. The SMILES string of the molecule is CC=CC(=O)C(F)(F)C(F)(F)F. The summed E-state index contributed by atoms with van der Waals surface area (Å²) in [4.78, 5) is 10.2. The largest absolute Gasteiger partial charge is 0.461 e. The van der Waals surface area contributed by atoms with Crippen LogP contribution in [-0.2, 0) is 4.79 Å². The van der Waals surface area contributed by atoms with E-state index in [2.05, 4.69) is 0 Å². The molecule has 12 heavy (non-hydrogen) atoms. The minimum absolute atomic E-state index is 0.188. The zero-order valence-electron chi connectivity index (χ0n) is 5.95. The van der Waals surface area contributed by atoms with E-state index in [4.69, 9.17) is 0 Å². The number of allylic oxidation sites excluding steroid dienone is 2. The molecule has 70 valence electrons. The quantitative estimate of drug-likeness (QED) is 0.480. The molecule has 1 nitrogen and oxygen atoms in total. The van der Waals surface area contributed by atoms with Crippen LogP contribution < -0.4 is 0 Å². The fraction of sp³-hybridized carbons (Fsp3) is 0.500. The molecule has 0 aromatic rings. The van der Waals surface area contributed by atoms with Crippen molar-refractivity contribution in [3.05, 3.63) is 12.2 Å². The lowest BCUT2D eigenvalue weighted by atomic mass is 10.2. The van der Waals surface area contributed by atoms with Gasteiger partial charge < -0.3 is 0 Å². The van der Waals surface area contributed by atoms with Crippen molar-refractivity contribution in [3.63, 3.8) is 0 Å². The molecule has 0 aromatic carbocycles. The number of halogens is 5. The van der Waals surface area contributed by atoms with Crippen LogP contribution in [0.4, 0.5) is 22.0 Å². The van der Waals surface area contributed by atoms with Gasteiger partial charge >= 0.3 is 12.1 Å². The van der Waals surface area contributed by atoms with Crippen molar-refractivity contribution < 1.29 is 26.7 Å². The highest BCUT2D eigenvalue weighted by atomic mass is 19.4. The molecule has 6 heteroatoms. The molecule has 0 aliphatic rings. The van der Waals surface area contributed by atoms with E-state index in [1.54, 1.807) is 0 Å². The van der Waals surface area contributed by atoms with Crippen molar-refractivity contribution in [1.82, 2.24) is 0 Å². The Balaban J connectivity index is 4.74. The molecule has 0 fully saturated rings. The van der Waals surface area contributed by atoms with Crippen LogP contribution in [0, 0.1) is 0 Å². The summed E-state index contributed by atoms with van der Waals surface area (Å²) in [6.07, 6.45) is -4.81. The highest BCUT2D eigenvalue weighted by Crippen LogP contribution is 2.36. The zero-order chi connectivity index (χ0) is 9.99. The predicted molar refractivity (Wildman–Crippen MR) is 30.8 cm³/mol. The topological polar surface area (TPSA) is 17.1 Å². The summed E-state index contributed by atoms with van der Waals surface area (Å²) < 4.78 is 58.2. The number of hydrogen-bond acceptors (Lipinski definition) is 1. The van der Waals surface area contributed by atoms with Gasteiger partial charge in [-0.25, -0.2) is 0 Å². The summed E-state index contributed by atoms with van der Waals surface area (Å²) in [5, 5.41) is 0. The Morgan fingerprint density at radius 3 is 1.83 bits per heavy atom. The van der Waals surface area contributed by atoms with E-state index >= 15 is 0 Å². The van der Waals surface area contributed by atoms with Crippen molar-refractivity contribution in [2.75, 3.05) is 0 Å². The van der Waals surface area contributed by atoms with Gasteiger partial charge in [0.2, 0.25) is 5.78 Å². The van der Waals surface area contributed by atoms with Gasteiger partial charge in [0.15, 0.2) is 0 Å². The molecule has 0 unspecified atom stereocenters. The van der Waals surface area contributed by atoms with Crippen molar-refractivity contribution >= 4 is 5.78 Å². The third kappa shape index (κ3) is 2.02. The van der Waals surface area contributed by atoms with Gasteiger partial charge in [-0.15, -0.1) is 0 Å². The fourth-order valence-corrected chi connectivity index (χ4v) is 0.396. The first-order valence-electron chi connectivity index (χ1n) is 2.85. The van der Waals surface area contributed by atoms with Crippen LogP contribution in [-0.4, -0.2) is 17.9 Å². The van der Waals surface area contributed by atoms with Crippen LogP contribution in [0.5, 0.6) is 0 Å². The van der Waals surface area contributed by atoms with E-state index < -0.39 is 17.9 Å². The monoisotopic (exact) mass is 188 g/mol. The summed E-state index contributed by atoms with van der Waals surface area (Å²) in [5.41, 5.74) is 0. The molecule has 0 atom stereocenters. The van der Waals surface area contributed by atoms with Gasteiger partial charge in [0.25, 0.3) is 0 Å². The molecule has 0 heterocycles. The number of carbonyl (C=O) groups excluding carboxylic acids is 1. The average Bonchev–Trinajstić information content (AvgIpc) is 1.85. The number of rotatable bonds is 2. The number of ketones is 1. The highest BCUT2D eigenvalue weighted by Gasteiger charge is 2.62. The van der Waals surface area contributed by atoms with Gasteiger partial charge in [-0.1, -0.05) is 6.08 Å². The highest BCUT2D eigenvalue weighted by molar-refractivity contribution is 5.96. The van der Waals surface area contributed by atoms with Crippen molar-refractivity contribution in [3.8, 4) is 0 Å². The maximum Gasteiger partial charge on any atom is 0.461 e. The first-order chi connectivity index (χ1) is 5.23. The second-order valence-corrected chi connectivity index (χ2v) is 1.94. The maximum atomic E-state index is 12.0. The predicted octanol–water partition coefficient (Wildman–Crippen LogP) is 2.33. The Bertz CT molecular complexity index is 202. The van der Waals surface area contributed by atoms with Crippen LogP contribution in [0.1, 0.15) is 6.92 Å². The van der Waals surface area contributed by atoms with E-state index in [9.17, 15) is 26.7 Å². The summed E-state index contributed by atoms with van der Waals surface area (Å²) >= 11 is 0. The van der Waals surface area contributed by atoms with E-state index in [0.29, 0.717) is 0 Å². The number of carbonyl (C=O) groups is 1. The zero-order valence-corrected chi connectivity index (χ0v) is 5.95. The lowest BCUT2D eigenvalue weighted by Gasteiger charge is -2.15. The van der Waals surface area contributed by atoms with Gasteiger partial charge in [-0.05, 0) is 13.0 Å². The molecule has 0 rings (SSSR count). The summed E-state index contributed by atoms with van der Waals surface area (Å²) in [6, 6.07) is 0. The van der Waals surface area contributed by atoms with Crippen LogP contribution in [0.15, 0.2) is 12.2 Å². The van der Waals surface area contributed by atoms with Crippen molar-refractivity contribution in [2.24, 2.45) is 0 Å². The third-order valence-corrected chi connectivity index (χ3v) is 0.984. The molecule has 0 aliphatic heterocycles. The molecule has 0 spiro atoms. The van der Waals surface area contributed by atoms with Crippen molar-refractivity contribution in [2.45, 2.75) is 19.0 Å². The molecule has 0 aromatic heterocycles. The lowest BCUT2D eigenvalue weighted by molar-refractivity contribution is -0.266.